The van der Waals surface area contributed by atoms with Crippen LogP contribution < -0.4 is 15.4 Å². The van der Waals surface area contributed by atoms with Gasteiger partial charge in [-0.1, -0.05) is 32.0 Å². The molecule has 6 heteroatoms. The number of urea groups is 1. The van der Waals surface area contributed by atoms with Crippen molar-refractivity contribution in [2.45, 2.75) is 32.6 Å². The lowest BCUT2D eigenvalue weighted by Crippen LogP contribution is -2.29. The first-order chi connectivity index (χ1) is 12.5. The van der Waals surface area contributed by atoms with Gasteiger partial charge in [0.2, 0.25) is 0 Å². The topological polar surface area (TPSA) is 67.4 Å². The summed E-state index contributed by atoms with van der Waals surface area (Å²) < 4.78 is 18.3. The molecule has 1 unspecified atom stereocenters. The van der Waals surface area contributed by atoms with Gasteiger partial charge in [0.15, 0.2) is 0 Å². The summed E-state index contributed by atoms with van der Waals surface area (Å²) in [6.07, 6.45) is 1.01. The highest BCUT2D eigenvalue weighted by Gasteiger charge is 2.14. The van der Waals surface area contributed by atoms with E-state index in [0.717, 1.165) is 12.0 Å². The first kappa shape index (κ1) is 19.4. The minimum absolute atomic E-state index is 0.0933. The predicted molar refractivity (Wildman–Crippen MR) is 98.8 cm³/mol. The Balaban J connectivity index is 1.91. The van der Waals surface area contributed by atoms with Crippen molar-refractivity contribution in [3.63, 3.8) is 0 Å². The maximum atomic E-state index is 13.0. The fourth-order valence-electron chi connectivity index (χ4n) is 2.38. The van der Waals surface area contributed by atoms with E-state index < -0.39 is 5.97 Å². The highest BCUT2D eigenvalue weighted by Crippen LogP contribution is 2.22. The second-order valence-corrected chi connectivity index (χ2v) is 6.04. The van der Waals surface area contributed by atoms with Crippen LogP contribution in [0.5, 0.6) is 5.75 Å². The van der Waals surface area contributed by atoms with Gasteiger partial charge in [-0.2, -0.15) is 0 Å². The molecule has 138 valence electrons. The van der Waals surface area contributed by atoms with Crippen LogP contribution in [0.4, 0.5) is 14.9 Å². The number of esters is 1. The summed E-state index contributed by atoms with van der Waals surface area (Å²) in [7, 11) is 0. The molecule has 1 atom stereocenters. The summed E-state index contributed by atoms with van der Waals surface area (Å²) in [5.41, 5.74) is 1.40. The molecule has 2 N–H and O–H groups in total. The van der Waals surface area contributed by atoms with E-state index in [4.69, 9.17) is 4.74 Å². The zero-order valence-electron chi connectivity index (χ0n) is 14.9. The third-order valence-corrected chi connectivity index (χ3v) is 3.77. The third kappa shape index (κ3) is 6.20. The molecule has 0 saturated heterocycles. The van der Waals surface area contributed by atoms with Crippen molar-refractivity contribution in [3.05, 3.63) is 59.9 Å². The van der Waals surface area contributed by atoms with Gasteiger partial charge in [-0.15, -0.1) is 0 Å². The number of benzene rings is 2. The summed E-state index contributed by atoms with van der Waals surface area (Å²) in [6.45, 7) is 4.43. The van der Waals surface area contributed by atoms with Gasteiger partial charge in [-0.25, -0.2) is 9.18 Å². The maximum absolute atomic E-state index is 13.0. The third-order valence-electron chi connectivity index (χ3n) is 3.77. The Bertz CT molecular complexity index is 747. The lowest BCUT2D eigenvalue weighted by atomic mass is 9.98. The molecule has 26 heavy (non-hydrogen) atoms. The first-order valence-corrected chi connectivity index (χ1v) is 8.59. The predicted octanol–water partition coefficient (Wildman–Crippen LogP) is 4.46. The molecule has 2 aromatic carbocycles. The quantitative estimate of drug-likeness (QED) is 0.567. The van der Waals surface area contributed by atoms with E-state index >= 15 is 0 Å². The average Bonchev–Trinajstić information content (AvgIpc) is 2.60. The van der Waals surface area contributed by atoms with Crippen LogP contribution in [0.3, 0.4) is 0 Å². The van der Waals surface area contributed by atoms with Gasteiger partial charge in [0, 0.05) is 18.3 Å². The molecule has 0 fully saturated rings. The van der Waals surface area contributed by atoms with E-state index in [9.17, 15) is 14.0 Å². The second-order valence-electron chi connectivity index (χ2n) is 6.04. The Hall–Kier alpha value is -2.89. The van der Waals surface area contributed by atoms with E-state index in [0.29, 0.717) is 18.0 Å². The zero-order valence-corrected chi connectivity index (χ0v) is 14.9. The summed E-state index contributed by atoms with van der Waals surface area (Å²) in [4.78, 5) is 23.8. The Morgan fingerprint density at radius 3 is 2.58 bits per heavy atom. The summed E-state index contributed by atoms with van der Waals surface area (Å²) in [6, 6.07) is 12.4. The standard InChI is InChI=1S/C20H23FN2O3/c1-3-11-22-20(25)23-17-5-4-6-18(13-17)26-19(24)12-14(2)15-7-9-16(21)10-8-15/h4-10,13-14H,3,11-12H2,1-2H3,(H2,22,23,25). The van der Waals surface area contributed by atoms with Gasteiger partial charge in [-0.05, 0) is 42.2 Å². The van der Waals surface area contributed by atoms with Crippen molar-refractivity contribution in [3.8, 4) is 5.75 Å². The largest absolute Gasteiger partial charge is 0.426 e. The molecule has 0 heterocycles. The minimum Gasteiger partial charge on any atom is -0.426 e. The Kier molecular flexibility index (Phi) is 7.14. The van der Waals surface area contributed by atoms with Crippen LogP contribution in [0.2, 0.25) is 0 Å². The normalized spacial score (nSPS) is 11.5. The van der Waals surface area contributed by atoms with Crippen LogP contribution in [-0.2, 0) is 4.79 Å². The number of carbonyl (C=O) groups is 2. The van der Waals surface area contributed by atoms with Crippen molar-refractivity contribution in [1.82, 2.24) is 5.32 Å². The van der Waals surface area contributed by atoms with Gasteiger partial charge in [-0.3, -0.25) is 4.79 Å². The Morgan fingerprint density at radius 2 is 1.88 bits per heavy atom. The highest BCUT2D eigenvalue weighted by molar-refractivity contribution is 5.89. The number of carbonyl (C=O) groups excluding carboxylic acids is 2. The summed E-state index contributed by atoms with van der Waals surface area (Å²) in [5.74, 6) is -0.441. The molecule has 0 radical (unpaired) electrons. The van der Waals surface area contributed by atoms with E-state index in [-0.39, 0.29) is 24.2 Å². The molecule has 2 rings (SSSR count). The molecule has 2 aromatic rings. The monoisotopic (exact) mass is 358 g/mol. The van der Waals surface area contributed by atoms with Crippen molar-refractivity contribution in [1.29, 1.82) is 0 Å². The molecular formula is C20H23FN2O3. The van der Waals surface area contributed by atoms with Crippen molar-refractivity contribution >= 4 is 17.7 Å². The number of hydrogen-bond donors (Lipinski definition) is 2. The number of rotatable bonds is 7. The molecule has 0 aliphatic carbocycles. The molecule has 0 saturated carbocycles. The van der Waals surface area contributed by atoms with Crippen molar-refractivity contribution in [2.24, 2.45) is 0 Å². The van der Waals surface area contributed by atoms with Crippen molar-refractivity contribution in [2.75, 3.05) is 11.9 Å². The zero-order chi connectivity index (χ0) is 18.9. The van der Waals surface area contributed by atoms with E-state index in [1.165, 1.54) is 12.1 Å². The Morgan fingerprint density at radius 1 is 1.15 bits per heavy atom. The number of nitrogens with one attached hydrogen (secondary N) is 2. The maximum Gasteiger partial charge on any atom is 0.319 e. The van der Waals surface area contributed by atoms with Gasteiger partial charge < -0.3 is 15.4 Å². The average molecular weight is 358 g/mol. The van der Waals surface area contributed by atoms with Crippen LogP contribution in [0.1, 0.15) is 38.2 Å². The minimum atomic E-state index is -0.394. The van der Waals surface area contributed by atoms with E-state index in [1.807, 2.05) is 13.8 Å². The number of anilines is 1. The van der Waals surface area contributed by atoms with Crippen LogP contribution in [0, 0.1) is 5.82 Å². The van der Waals surface area contributed by atoms with Crippen LogP contribution in [0.25, 0.3) is 0 Å². The lowest BCUT2D eigenvalue weighted by molar-refractivity contribution is -0.134. The molecular weight excluding hydrogens is 335 g/mol. The van der Waals surface area contributed by atoms with Crippen LogP contribution in [-0.4, -0.2) is 18.5 Å². The van der Waals surface area contributed by atoms with Gasteiger partial charge >= 0.3 is 12.0 Å². The number of amides is 2. The molecule has 0 spiro atoms. The van der Waals surface area contributed by atoms with Gasteiger partial charge in [0.1, 0.15) is 11.6 Å². The lowest BCUT2D eigenvalue weighted by Gasteiger charge is -2.12. The number of hydrogen-bond acceptors (Lipinski definition) is 3. The number of halogens is 1. The first-order valence-electron chi connectivity index (χ1n) is 8.59. The highest BCUT2D eigenvalue weighted by atomic mass is 19.1. The molecule has 2 amide bonds. The van der Waals surface area contributed by atoms with Gasteiger partial charge in [0.25, 0.3) is 0 Å². The summed E-state index contributed by atoms with van der Waals surface area (Å²) >= 11 is 0. The van der Waals surface area contributed by atoms with Crippen LogP contribution >= 0.6 is 0 Å². The Labute approximate surface area is 152 Å². The molecule has 0 aromatic heterocycles. The fraction of sp³-hybridized carbons (Fsp3) is 0.300. The van der Waals surface area contributed by atoms with E-state index in [1.54, 1.807) is 36.4 Å². The summed E-state index contributed by atoms with van der Waals surface area (Å²) in [5, 5.41) is 5.39. The SMILES string of the molecule is CCCNC(=O)Nc1cccc(OC(=O)CC(C)c2ccc(F)cc2)c1. The van der Waals surface area contributed by atoms with Crippen molar-refractivity contribution < 1.29 is 18.7 Å². The molecule has 5 nitrogen and oxygen atoms in total. The smallest absolute Gasteiger partial charge is 0.319 e. The van der Waals surface area contributed by atoms with Crippen LogP contribution in [0.15, 0.2) is 48.5 Å². The number of ether oxygens (including phenoxy) is 1. The second kappa shape index (κ2) is 9.56. The van der Waals surface area contributed by atoms with E-state index in [2.05, 4.69) is 10.6 Å². The molecule has 0 aliphatic heterocycles. The molecule has 0 aliphatic rings. The fourth-order valence-corrected chi connectivity index (χ4v) is 2.38. The molecule has 0 bridgehead atoms. The van der Waals surface area contributed by atoms with Gasteiger partial charge in [0.05, 0.1) is 6.42 Å².